The highest BCUT2D eigenvalue weighted by Crippen LogP contribution is 2.15. The van der Waals surface area contributed by atoms with E-state index in [2.05, 4.69) is 0 Å². The summed E-state index contributed by atoms with van der Waals surface area (Å²) in [5.41, 5.74) is 1.20. The van der Waals surface area contributed by atoms with Crippen LogP contribution >= 0.6 is 11.6 Å². The van der Waals surface area contributed by atoms with Gasteiger partial charge in [-0.25, -0.2) is 9.59 Å². The lowest BCUT2D eigenvalue weighted by Gasteiger charge is -2.04. The van der Waals surface area contributed by atoms with Crippen molar-refractivity contribution >= 4 is 29.6 Å². The SMILES string of the molecule is COc1ccc(/C=C/C(=O)Oc2ccc(C(=O)OCCCl)cc2)cc1. The summed E-state index contributed by atoms with van der Waals surface area (Å²) in [4.78, 5) is 23.5. The summed E-state index contributed by atoms with van der Waals surface area (Å²) < 4.78 is 15.1. The number of carbonyl (C=O) groups is 2. The van der Waals surface area contributed by atoms with Gasteiger partial charge in [0.15, 0.2) is 0 Å². The van der Waals surface area contributed by atoms with Crippen LogP contribution in [0.2, 0.25) is 0 Å². The molecule has 0 saturated carbocycles. The number of methoxy groups -OCH3 is 1. The molecule has 130 valence electrons. The first-order chi connectivity index (χ1) is 12.1. The predicted octanol–water partition coefficient (Wildman–Crippen LogP) is 3.71. The van der Waals surface area contributed by atoms with Crippen LogP contribution < -0.4 is 9.47 Å². The summed E-state index contributed by atoms with van der Waals surface area (Å²) >= 11 is 5.46. The molecule has 0 aromatic heterocycles. The van der Waals surface area contributed by atoms with Gasteiger partial charge in [0.2, 0.25) is 0 Å². The number of alkyl halides is 1. The average Bonchev–Trinajstić information content (AvgIpc) is 2.65. The van der Waals surface area contributed by atoms with Crippen molar-refractivity contribution in [2.45, 2.75) is 0 Å². The first-order valence-electron chi connectivity index (χ1n) is 7.49. The van der Waals surface area contributed by atoms with Crippen LogP contribution in [0, 0.1) is 0 Å². The van der Waals surface area contributed by atoms with E-state index in [9.17, 15) is 9.59 Å². The lowest BCUT2D eigenvalue weighted by atomic mass is 10.2. The standard InChI is InChI=1S/C19H17ClO5/c1-23-16-7-2-14(3-8-16)4-11-18(21)25-17-9-5-15(6-10-17)19(22)24-13-12-20/h2-11H,12-13H2,1H3/b11-4+. The Morgan fingerprint density at radius 1 is 1.00 bits per heavy atom. The number of ether oxygens (including phenoxy) is 3. The van der Waals surface area contributed by atoms with E-state index in [1.807, 2.05) is 12.1 Å². The molecule has 0 fully saturated rings. The first kappa shape index (κ1) is 18.5. The number of hydrogen-bond acceptors (Lipinski definition) is 5. The van der Waals surface area contributed by atoms with Gasteiger partial charge in [-0.05, 0) is 48.0 Å². The second-order valence-electron chi connectivity index (χ2n) is 4.88. The monoisotopic (exact) mass is 360 g/mol. The van der Waals surface area contributed by atoms with Crippen molar-refractivity contribution in [2.75, 3.05) is 19.6 Å². The van der Waals surface area contributed by atoms with Crippen molar-refractivity contribution in [3.63, 3.8) is 0 Å². The zero-order chi connectivity index (χ0) is 18.1. The molecule has 0 bridgehead atoms. The van der Waals surface area contributed by atoms with Crippen LogP contribution in [0.5, 0.6) is 11.5 Å². The lowest BCUT2D eigenvalue weighted by molar-refractivity contribution is -0.128. The van der Waals surface area contributed by atoms with Crippen molar-refractivity contribution in [3.8, 4) is 11.5 Å². The number of esters is 2. The summed E-state index contributed by atoms with van der Waals surface area (Å²) in [7, 11) is 1.59. The molecule has 0 unspecified atom stereocenters. The van der Waals surface area contributed by atoms with E-state index in [-0.39, 0.29) is 12.5 Å². The molecule has 0 aliphatic heterocycles. The molecule has 0 spiro atoms. The van der Waals surface area contributed by atoms with E-state index in [1.165, 1.54) is 30.3 Å². The van der Waals surface area contributed by atoms with Crippen molar-refractivity contribution < 1.29 is 23.8 Å². The number of halogens is 1. The van der Waals surface area contributed by atoms with Gasteiger partial charge >= 0.3 is 11.9 Å². The van der Waals surface area contributed by atoms with Crippen LogP contribution in [-0.2, 0) is 9.53 Å². The Morgan fingerprint density at radius 3 is 2.24 bits per heavy atom. The van der Waals surface area contributed by atoms with E-state index in [4.69, 9.17) is 25.8 Å². The van der Waals surface area contributed by atoms with E-state index in [0.29, 0.717) is 11.3 Å². The highest BCUT2D eigenvalue weighted by Gasteiger charge is 2.07. The third kappa shape index (κ3) is 5.97. The van der Waals surface area contributed by atoms with Crippen LogP contribution in [-0.4, -0.2) is 31.5 Å². The Balaban J connectivity index is 1.91. The minimum atomic E-state index is -0.520. The van der Waals surface area contributed by atoms with Crippen molar-refractivity contribution in [2.24, 2.45) is 0 Å². The molecule has 0 amide bonds. The molecule has 6 heteroatoms. The minimum Gasteiger partial charge on any atom is -0.497 e. The van der Waals surface area contributed by atoms with Gasteiger partial charge in [-0.3, -0.25) is 0 Å². The first-order valence-corrected chi connectivity index (χ1v) is 8.03. The molecule has 0 saturated heterocycles. The van der Waals surface area contributed by atoms with Gasteiger partial charge in [0, 0.05) is 6.08 Å². The molecule has 2 rings (SSSR count). The Bertz CT molecular complexity index is 735. The third-order valence-electron chi connectivity index (χ3n) is 3.15. The maximum absolute atomic E-state index is 11.8. The predicted molar refractivity (Wildman–Crippen MR) is 95.1 cm³/mol. The zero-order valence-corrected chi connectivity index (χ0v) is 14.4. The fraction of sp³-hybridized carbons (Fsp3) is 0.158. The Kier molecular flexibility index (Phi) is 7.04. The second-order valence-corrected chi connectivity index (χ2v) is 5.25. The maximum Gasteiger partial charge on any atom is 0.338 e. The van der Waals surface area contributed by atoms with Gasteiger partial charge in [-0.15, -0.1) is 11.6 Å². The molecule has 0 N–H and O–H groups in total. The van der Waals surface area contributed by atoms with E-state index in [1.54, 1.807) is 25.3 Å². The molecule has 2 aromatic carbocycles. The second kappa shape index (κ2) is 9.49. The Labute approximate surface area is 150 Å². The normalized spacial score (nSPS) is 10.5. The van der Waals surface area contributed by atoms with Crippen LogP contribution in [0.25, 0.3) is 6.08 Å². The molecule has 0 aliphatic carbocycles. The molecular formula is C19H17ClO5. The van der Waals surface area contributed by atoms with Gasteiger partial charge in [-0.2, -0.15) is 0 Å². The van der Waals surface area contributed by atoms with Crippen LogP contribution in [0.15, 0.2) is 54.6 Å². The smallest absolute Gasteiger partial charge is 0.338 e. The third-order valence-corrected chi connectivity index (χ3v) is 3.30. The lowest BCUT2D eigenvalue weighted by Crippen LogP contribution is -2.07. The summed E-state index contributed by atoms with van der Waals surface area (Å²) in [6.45, 7) is 0.146. The highest BCUT2D eigenvalue weighted by atomic mass is 35.5. The topological polar surface area (TPSA) is 61.8 Å². The Hall–Kier alpha value is -2.79. The largest absolute Gasteiger partial charge is 0.497 e. The molecule has 0 heterocycles. The zero-order valence-electron chi connectivity index (χ0n) is 13.6. The summed E-state index contributed by atoms with van der Waals surface area (Å²) in [6.07, 6.45) is 2.96. The fourth-order valence-corrected chi connectivity index (χ4v) is 1.98. The van der Waals surface area contributed by atoms with Crippen LogP contribution in [0.3, 0.4) is 0 Å². The fourth-order valence-electron chi connectivity index (χ4n) is 1.90. The van der Waals surface area contributed by atoms with Gasteiger partial charge in [-0.1, -0.05) is 12.1 Å². The maximum atomic E-state index is 11.8. The minimum absolute atomic E-state index is 0.146. The van der Waals surface area contributed by atoms with E-state index >= 15 is 0 Å². The molecule has 0 radical (unpaired) electrons. The molecule has 5 nitrogen and oxygen atoms in total. The summed E-state index contributed by atoms with van der Waals surface area (Å²) in [6, 6.07) is 13.3. The van der Waals surface area contributed by atoms with Gasteiger partial charge in [0.25, 0.3) is 0 Å². The van der Waals surface area contributed by atoms with E-state index in [0.717, 1.165) is 11.3 Å². The number of rotatable bonds is 7. The summed E-state index contributed by atoms with van der Waals surface area (Å²) in [5, 5.41) is 0. The summed E-state index contributed by atoms with van der Waals surface area (Å²) in [5.74, 6) is 0.316. The Morgan fingerprint density at radius 2 is 1.64 bits per heavy atom. The molecule has 25 heavy (non-hydrogen) atoms. The highest BCUT2D eigenvalue weighted by molar-refractivity contribution is 6.18. The molecule has 0 atom stereocenters. The van der Waals surface area contributed by atoms with Crippen LogP contribution in [0.1, 0.15) is 15.9 Å². The van der Waals surface area contributed by atoms with E-state index < -0.39 is 11.9 Å². The molecule has 2 aromatic rings. The average molecular weight is 361 g/mol. The van der Waals surface area contributed by atoms with Gasteiger partial charge in [0.1, 0.15) is 18.1 Å². The van der Waals surface area contributed by atoms with Crippen molar-refractivity contribution in [1.82, 2.24) is 0 Å². The van der Waals surface area contributed by atoms with Gasteiger partial charge < -0.3 is 14.2 Å². The number of hydrogen-bond donors (Lipinski definition) is 0. The van der Waals surface area contributed by atoms with Crippen molar-refractivity contribution in [1.29, 1.82) is 0 Å². The number of benzene rings is 2. The molecule has 0 aliphatic rings. The number of carbonyl (C=O) groups excluding carboxylic acids is 2. The molecular weight excluding hydrogens is 344 g/mol. The quantitative estimate of drug-likeness (QED) is 0.326. The van der Waals surface area contributed by atoms with Crippen molar-refractivity contribution in [3.05, 3.63) is 65.7 Å². The van der Waals surface area contributed by atoms with Crippen LogP contribution in [0.4, 0.5) is 0 Å². The van der Waals surface area contributed by atoms with Gasteiger partial charge in [0.05, 0.1) is 18.6 Å².